The Balaban J connectivity index is 1.28. The third-order valence-corrected chi connectivity index (χ3v) is 6.13. The first-order valence-electron chi connectivity index (χ1n) is 9.60. The first-order chi connectivity index (χ1) is 13.8. The number of hydrogen-bond donors (Lipinski definition) is 0. The molecule has 0 radical (unpaired) electrons. The van der Waals surface area contributed by atoms with E-state index in [4.69, 9.17) is 9.15 Å². The number of fused-ring (bicyclic) bond motifs is 1. The Morgan fingerprint density at radius 2 is 2.14 bits per heavy atom. The topological polar surface area (TPSA) is 68.5 Å². The highest BCUT2D eigenvalue weighted by atomic mass is 32.1. The van der Waals surface area contributed by atoms with E-state index in [9.17, 15) is 4.79 Å². The van der Waals surface area contributed by atoms with Gasteiger partial charge in [0.2, 0.25) is 0 Å². The summed E-state index contributed by atoms with van der Waals surface area (Å²) in [4.78, 5) is 24.0. The third-order valence-electron chi connectivity index (χ3n) is 5.28. The molecule has 0 N–H and O–H groups in total. The lowest BCUT2D eigenvalue weighted by atomic mass is 10.1. The molecule has 1 amide bonds. The summed E-state index contributed by atoms with van der Waals surface area (Å²) in [5, 5.41) is 2.82. The zero-order valence-electron chi connectivity index (χ0n) is 15.5. The maximum Gasteiger partial charge on any atom is 0.273 e. The maximum absolute atomic E-state index is 12.9. The van der Waals surface area contributed by atoms with Crippen LogP contribution in [0.3, 0.4) is 0 Å². The van der Waals surface area contributed by atoms with Crippen molar-refractivity contribution in [2.45, 2.75) is 31.7 Å². The highest BCUT2D eigenvalue weighted by Crippen LogP contribution is 2.29. The van der Waals surface area contributed by atoms with Gasteiger partial charge in [-0.3, -0.25) is 4.79 Å². The molecule has 1 atom stereocenters. The predicted molar refractivity (Wildman–Crippen MR) is 104 cm³/mol. The fourth-order valence-corrected chi connectivity index (χ4v) is 4.52. The van der Waals surface area contributed by atoms with Crippen molar-refractivity contribution in [3.05, 3.63) is 69.3 Å². The summed E-state index contributed by atoms with van der Waals surface area (Å²) >= 11 is 1.54. The minimum Gasteiger partial charge on any atom is -0.445 e. The Morgan fingerprint density at radius 1 is 1.25 bits per heavy atom. The van der Waals surface area contributed by atoms with Gasteiger partial charge in [0.05, 0.1) is 24.1 Å². The molecule has 1 aromatic carbocycles. The van der Waals surface area contributed by atoms with Gasteiger partial charge in [-0.25, -0.2) is 9.97 Å². The van der Waals surface area contributed by atoms with Crippen LogP contribution in [0.4, 0.5) is 0 Å². The highest BCUT2D eigenvalue weighted by molar-refractivity contribution is 7.09. The van der Waals surface area contributed by atoms with E-state index in [1.807, 2.05) is 28.5 Å². The fourth-order valence-electron chi connectivity index (χ4n) is 3.72. The van der Waals surface area contributed by atoms with Crippen molar-refractivity contribution in [2.24, 2.45) is 0 Å². The molecule has 2 aliphatic heterocycles. The minimum atomic E-state index is -0.0324. The first kappa shape index (κ1) is 17.6. The molecule has 7 heteroatoms. The number of amides is 1. The molecule has 0 saturated carbocycles. The molecule has 5 rings (SSSR count). The van der Waals surface area contributed by atoms with E-state index in [-0.39, 0.29) is 11.8 Å². The fraction of sp³-hybridized carbons (Fsp3) is 0.381. The summed E-state index contributed by atoms with van der Waals surface area (Å²) in [6, 6.07) is 10.2. The van der Waals surface area contributed by atoms with Crippen LogP contribution in [0.5, 0.6) is 0 Å². The van der Waals surface area contributed by atoms with Gasteiger partial charge < -0.3 is 14.1 Å². The van der Waals surface area contributed by atoms with Gasteiger partial charge in [0.1, 0.15) is 17.1 Å². The Morgan fingerprint density at radius 3 is 2.96 bits per heavy atom. The summed E-state index contributed by atoms with van der Waals surface area (Å²) < 4.78 is 11.4. The van der Waals surface area contributed by atoms with Crippen LogP contribution in [-0.2, 0) is 24.1 Å². The second-order valence-corrected chi connectivity index (χ2v) is 8.19. The third kappa shape index (κ3) is 3.47. The van der Waals surface area contributed by atoms with E-state index in [0.717, 1.165) is 41.8 Å². The molecule has 0 spiro atoms. The summed E-state index contributed by atoms with van der Waals surface area (Å²) in [6.45, 7) is 2.55. The SMILES string of the molecule is O=C(c1csc(Cc2ccccc2)n1)N1CCc2oc(C3CCOC3)nc2C1. The van der Waals surface area contributed by atoms with Gasteiger partial charge in [0.15, 0.2) is 5.89 Å². The van der Waals surface area contributed by atoms with Crippen LogP contribution in [0, 0.1) is 0 Å². The number of nitrogens with zero attached hydrogens (tertiary/aromatic N) is 3. The first-order valence-corrected chi connectivity index (χ1v) is 10.5. The van der Waals surface area contributed by atoms with Crippen LogP contribution in [0.15, 0.2) is 40.1 Å². The molecule has 4 heterocycles. The van der Waals surface area contributed by atoms with Crippen molar-refractivity contribution >= 4 is 17.2 Å². The van der Waals surface area contributed by atoms with E-state index < -0.39 is 0 Å². The van der Waals surface area contributed by atoms with Crippen molar-refractivity contribution in [3.63, 3.8) is 0 Å². The molecule has 6 nitrogen and oxygen atoms in total. The zero-order valence-corrected chi connectivity index (χ0v) is 16.3. The number of thiazole rings is 1. The predicted octanol–water partition coefficient (Wildman–Crippen LogP) is 3.42. The van der Waals surface area contributed by atoms with Gasteiger partial charge in [-0.2, -0.15) is 0 Å². The Kier molecular flexibility index (Phi) is 4.70. The van der Waals surface area contributed by atoms with Crippen molar-refractivity contribution in [1.82, 2.24) is 14.9 Å². The molecule has 144 valence electrons. The smallest absolute Gasteiger partial charge is 0.273 e. The zero-order chi connectivity index (χ0) is 18.9. The summed E-state index contributed by atoms with van der Waals surface area (Å²) in [6.07, 6.45) is 2.40. The number of aromatic nitrogens is 2. The Hall–Kier alpha value is -2.51. The average Bonchev–Trinajstić information content (AvgIpc) is 3.47. The lowest BCUT2D eigenvalue weighted by Crippen LogP contribution is -2.36. The largest absolute Gasteiger partial charge is 0.445 e. The molecule has 2 aromatic heterocycles. The molecular weight excluding hydrogens is 374 g/mol. The number of benzene rings is 1. The summed E-state index contributed by atoms with van der Waals surface area (Å²) in [5.41, 5.74) is 2.60. The lowest BCUT2D eigenvalue weighted by molar-refractivity contribution is 0.0722. The van der Waals surface area contributed by atoms with Crippen LogP contribution >= 0.6 is 11.3 Å². The Labute approximate surface area is 167 Å². The van der Waals surface area contributed by atoms with Gasteiger partial charge in [-0.15, -0.1) is 11.3 Å². The molecular formula is C21H21N3O3S. The number of rotatable bonds is 4. The van der Waals surface area contributed by atoms with Gasteiger partial charge >= 0.3 is 0 Å². The maximum atomic E-state index is 12.9. The number of oxazole rings is 1. The quantitative estimate of drug-likeness (QED) is 0.677. The molecule has 1 unspecified atom stereocenters. The molecule has 0 aliphatic carbocycles. The second-order valence-electron chi connectivity index (χ2n) is 7.25. The van der Waals surface area contributed by atoms with Crippen LogP contribution in [0.2, 0.25) is 0 Å². The van der Waals surface area contributed by atoms with E-state index >= 15 is 0 Å². The summed E-state index contributed by atoms with van der Waals surface area (Å²) in [7, 11) is 0. The van der Waals surface area contributed by atoms with Crippen LogP contribution in [0.25, 0.3) is 0 Å². The molecule has 3 aromatic rings. The van der Waals surface area contributed by atoms with E-state index in [0.29, 0.717) is 31.8 Å². The molecule has 1 saturated heterocycles. The van der Waals surface area contributed by atoms with Gasteiger partial charge in [0.25, 0.3) is 5.91 Å². The number of carbonyl (C=O) groups excluding carboxylic acids is 1. The van der Waals surface area contributed by atoms with E-state index in [1.165, 1.54) is 16.9 Å². The van der Waals surface area contributed by atoms with E-state index in [2.05, 4.69) is 22.1 Å². The molecule has 28 heavy (non-hydrogen) atoms. The van der Waals surface area contributed by atoms with Crippen LogP contribution in [-0.4, -0.2) is 40.5 Å². The standard InChI is InChI=1S/C21H21N3O3S/c25-21(17-13-28-19(22-17)10-14-4-2-1-3-5-14)24-8-6-18-16(11-24)23-20(27-18)15-7-9-26-12-15/h1-5,13,15H,6-12H2. The normalized spacial score (nSPS) is 19.0. The second kappa shape index (κ2) is 7.48. The molecule has 0 bridgehead atoms. The monoisotopic (exact) mass is 395 g/mol. The van der Waals surface area contributed by atoms with E-state index in [1.54, 1.807) is 0 Å². The van der Waals surface area contributed by atoms with Crippen molar-refractivity contribution in [2.75, 3.05) is 19.8 Å². The number of hydrogen-bond acceptors (Lipinski definition) is 6. The number of carbonyl (C=O) groups is 1. The summed E-state index contributed by atoms with van der Waals surface area (Å²) in [5.74, 6) is 1.88. The van der Waals surface area contributed by atoms with Gasteiger partial charge in [-0.05, 0) is 12.0 Å². The van der Waals surface area contributed by atoms with Gasteiger partial charge in [0, 0.05) is 31.4 Å². The highest BCUT2D eigenvalue weighted by Gasteiger charge is 2.30. The van der Waals surface area contributed by atoms with Crippen molar-refractivity contribution in [1.29, 1.82) is 0 Å². The Bertz CT molecular complexity index is 976. The van der Waals surface area contributed by atoms with Crippen molar-refractivity contribution in [3.8, 4) is 0 Å². The lowest BCUT2D eigenvalue weighted by Gasteiger charge is -2.24. The van der Waals surface area contributed by atoms with Crippen LogP contribution in [0.1, 0.15) is 50.7 Å². The van der Waals surface area contributed by atoms with Crippen molar-refractivity contribution < 1.29 is 13.9 Å². The van der Waals surface area contributed by atoms with Gasteiger partial charge in [-0.1, -0.05) is 30.3 Å². The average molecular weight is 395 g/mol. The molecule has 2 aliphatic rings. The number of ether oxygens (including phenoxy) is 1. The minimum absolute atomic E-state index is 0.0324. The molecule has 1 fully saturated rings. The van der Waals surface area contributed by atoms with Crippen LogP contribution < -0.4 is 0 Å².